The Morgan fingerprint density at radius 2 is 1.52 bits per heavy atom. The molecule has 8 nitrogen and oxygen atoms in total. The van der Waals surface area contributed by atoms with E-state index < -0.39 is 10.2 Å². The van der Waals surface area contributed by atoms with Crippen molar-refractivity contribution >= 4 is 10.2 Å². The average molecular weight is 398 g/mol. The van der Waals surface area contributed by atoms with Crippen molar-refractivity contribution in [3.8, 4) is 0 Å². The van der Waals surface area contributed by atoms with E-state index in [9.17, 15) is 13.2 Å². The van der Waals surface area contributed by atoms with E-state index in [0.29, 0.717) is 52.4 Å². The molecule has 3 rings (SSSR count). The van der Waals surface area contributed by atoms with Crippen LogP contribution < -0.4 is 5.56 Å². The van der Waals surface area contributed by atoms with Gasteiger partial charge in [-0.2, -0.15) is 22.1 Å². The van der Waals surface area contributed by atoms with Gasteiger partial charge in [0.2, 0.25) is 0 Å². The van der Waals surface area contributed by atoms with Crippen LogP contribution in [0.3, 0.4) is 0 Å². The molecule has 2 aliphatic heterocycles. The molecule has 2 aliphatic rings. The van der Waals surface area contributed by atoms with E-state index in [-0.39, 0.29) is 11.0 Å². The summed E-state index contributed by atoms with van der Waals surface area (Å²) in [5, 5.41) is 4.50. The van der Waals surface area contributed by atoms with Gasteiger partial charge in [-0.1, -0.05) is 20.8 Å². The van der Waals surface area contributed by atoms with E-state index in [4.69, 9.17) is 0 Å². The van der Waals surface area contributed by atoms with Gasteiger partial charge in [0.25, 0.3) is 15.8 Å². The average Bonchev–Trinajstić information content (AvgIpc) is 3.16. The van der Waals surface area contributed by atoms with E-state index >= 15 is 0 Å². The van der Waals surface area contributed by atoms with Crippen LogP contribution in [-0.2, 0) is 22.2 Å². The van der Waals surface area contributed by atoms with Crippen LogP contribution >= 0.6 is 0 Å². The van der Waals surface area contributed by atoms with Crippen molar-refractivity contribution in [1.29, 1.82) is 0 Å². The van der Waals surface area contributed by atoms with Crippen molar-refractivity contribution in [2.75, 3.05) is 45.8 Å². The summed E-state index contributed by atoms with van der Waals surface area (Å²) in [5.41, 5.74) is 0.687. The molecule has 0 bridgehead atoms. The summed E-state index contributed by atoms with van der Waals surface area (Å²) >= 11 is 0. The van der Waals surface area contributed by atoms with Gasteiger partial charge in [0.15, 0.2) is 0 Å². The fourth-order valence-corrected chi connectivity index (χ4v) is 5.18. The molecule has 0 atom stereocenters. The lowest BCUT2D eigenvalue weighted by Gasteiger charge is -2.35. The van der Waals surface area contributed by atoms with Crippen molar-refractivity contribution in [2.24, 2.45) is 0 Å². The minimum Gasteiger partial charge on any atom is -0.299 e. The van der Waals surface area contributed by atoms with Crippen LogP contribution in [0.25, 0.3) is 0 Å². The largest absolute Gasteiger partial charge is 0.299 e. The van der Waals surface area contributed by atoms with Crippen LogP contribution in [0.1, 0.15) is 39.3 Å². The van der Waals surface area contributed by atoms with E-state index in [0.717, 1.165) is 18.5 Å². The number of aromatic nitrogens is 2. The van der Waals surface area contributed by atoms with Crippen LogP contribution in [-0.4, -0.2) is 77.5 Å². The smallest absolute Gasteiger partial charge is 0.282 e. The summed E-state index contributed by atoms with van der Waals surface area (Å²) in [6.07, 6.45) is 1.91. The van der Waals surface area contributed by atoms with Crippen molar-refractivity contribution in [3.05, 3.63) is 28.2 Å². The first-order valence-electron chi connectivity index (χ1n) is 9.74. The summed E-state index contributed by atoms with van der Waals surface area (Å²) in [7, 11) is -3.31. The molecule has 0 aliphatic carbocycles. The highest BCUT2D eigenvalue weighted by Crippen LogP contribution is 2.19. The van der Waals surface area contributed by atoms with Crippen LogP contribution in [0, 0.1) is 0 Å². The summed E-state index contributed by atoms with van der Waals surface area (Å²) in [5.74, 6) is 0. The fourth-order valence-electron chi connectivity index (χ4n) is 3.51. The first-order chi connectivity index (χ1) is 12.7. The highest BCUT2D eigenvalue weighted by molar-refractivity contribution is 7.86. The van der Waals surface area contributed by atoms with Gasteiger partial charge in [-0.15, -0.1) is 0 Å². The molecule has 2 saturated heterocycles. The zero-order valence-corrected chi connectivity index (χ0v) is 17.4. The maximum absolute atomic E-state index is 12.6. The van der Waals surface area contributed by atoms with Gasteiger partial charge in [0.05, 0.1) is 12.2 Å². The van der Waals surface area contributed by atoms with Crippen LogP contribution in [0.15, 0.2) is 16.9 Å². The van der Waals surface area contributed by atoms with Gasteiger partial charge < -0.3 is 0 Å². The highest BCUT2D eigenvalue weighted by atomic mass is 32.2. The molecule has 0 spiro atoms. The zero-order chi connectivity index (χ0) is 19.7. The summed E-state index contributed by atoms with van der Waals surface area (Å²) in [6.45, 7) is 11.1. The van der Waals surface area contributed by atoms with E-state index in [2.05, 4.69) is 30.8 Å². The lowest BCUT2D eigenvalue weighted by Crippen LogP contribution is -2.53. The maximum Gasteiger partial charge on any atom is 0.282 e. The van der Waals surface area contributed by atoms with Gasteiger partial charge in [0.1, 0.15) is 0 Å². The molecule has 1 aromatic heterocycles. The quantitative estimate of drug-likeness (QED) is 0.723. The van der Waals surface area contributed by atoms with Crippen LogP contribution in [0.4, 0.5) is 0 Å². The van der Waals surface area contributed by atoms with Crippen LogP contribution in [0.5, 0.6) is 0 Å². The van der Waals surface area contributed by atoms with Crippen molar-refractivity contribution in [2.45, 2.75) is 45.6 Å². The normalized spacial score (nSPS) is 21.0. The summed E-state index contributed by atoms with van der Waals surface area (Å²) in [6, 6.07) is 3.37. The molecule has 0 saturated carbocycles. The van der Waals surface area contributed by atoms with Gasteiger partial charge in [-0.3, -0.25) is 9.69 Å². The summed E-state index contributed by atoms with van der Waals surface area (Å²) < 4.78 is 30.0. The molecule has 1 aromatic rings. The second-order valence-corrected chi connectivity index (χ2v) is 10.3. The lowest BCUT2D eigenvalue weighted by molar-refractivity contribution is 0.174. The number of rotatable bonds is 5. The fraction of sp³-hybridized carbons (Fsp3) is 0.778. The number of hydrogen-bond acceptors (Lipinski definition) is 5. The van der Waals surface area contributed by atoms with E-state index in [1.807, 2.05) is 0 Å². The standard InChI is InChI=1S/C18H31N5O3S/c1-18(2,3)16-6-7-17(24)23(19-16)15-12-20-10-13-22(14-11-20)27(25,26)21-8-4-5-9-21/h6-7H,4-5,8-15H2,1-3H3. The molecule has 0 radical (unpaired) electrons. The van der Waals surface area contributed by atoms with Gasteiger partial charge in [-0.05, 0) is 18.9 Å². The Morgan fingerprint density at radius 3 is 2.11 bits per heavy atom. The molecule has 27 heavy (non-hydrogen) atoms. The third kappa shape index (κ3) is 4.77. The minimum absolute atomic E-state index is 0.0988. The van der Waals surface area contributed by atoms with E-state index in [1.54, 1.807) is 20.7 Å². The Bertz CT molecular complexity index is 801. The SMILES string of the molecule is CC(C)(C)c1ccc(=O)n(CCN2CCN(S(=O)(=O)N3CCCC3)CC2)n1. The van der Waals surface area contributed by atoms with Crippen molar-refractivity contribution in [1.82, 2.24) is 23.3 Å². The second kappa shape index (κ2) is 7.98. The van der Waals surface area contributed by atoms with Gasteiger partial charge in [-0.25, -0.2) is 4.68 Å². The first kappa shape index (κ1) is 20.4. The molecular weight excluding hydrogens is 366 g/mol. The molecule has 0 aromatic carbocycles. The van der Waals surface area contributed by atoms with Gasteiger partial charge >= 0.3 is 0 Å². The van der Waals surface area contributed by atoms with E-state index in [1.165, 1.54) is 4.68 Å². The number of hydrogen-bond donors (Lipinski definition) is 0. The Kier molecular flexibility index (Phi) is 6.05. The van der Waals surface area contributed by atoms with Crippen molar-refractivity contribution < 1.29 is 8.42 Å². The molecule has 0 amide bonds. The number of nitrogens with zero attached hydrogens (tertiary/aromatic N) is 5. The maximum atomic E-state index is 12.6. The predicted octanol–water partition coefficient (Wildman–Crippen LogP) is 0.499. The Balaban J connectivity index is 1.55. The molecule has 2 fully saturated rings. The lowest BCUT2D eigenvalue weighted by atomic mass is 9.92. The topological polar surface area (TPSA) is 78.8 Å². The Labute approximate surface area is 161 Å². The number of piperazine rings is 1. The minimum atomic E-state index is -3.31. The predicted molar refractivity (Wildman–Crippen MR) is 105 cm³/mol. The molecule has 152 valence electrons. The third-order valence-corrected chi connectivity index (χ3v) is 7.35. The first-order valence-corrected chi connectivity index (χ1v) is 11.1. The Morgan fingerprint density at radius 1 is 0.926 bits per heavy atom. The molecule has 9 heteroatoms. The second-order valence-electron chi connectivity index (χ2n) is 8.38. The molecule has 3 heterocycles. The van der Waals surface area contributed by atoms with Crippen molar-refractivity contribution in [3.63, 3.8) is 0 Å². The van der Waals surface area contributed by atoms with Crippen LogP contribution in [0.2, 0.25) is 0 Å². The molecular formula is C18H31N5O3S. The highest BCUT2D eigenvalue weighted by Gasteiger charge is 2.33. The van der Waals surface area contributed by atoms with Gasteiger partial charge in [0, 0.05) is 57.3 Å². The summed E-state index contributed by atoms with van der Waals surface area (Å²) in [4.78, 5) is 14.3. The zero-order valence-electron chi connectivity index (χ0n) is 16.6. The monoisotopic (exact) mass is 397 g/mol. The third-order valence-electron chi connectivity index (χ3n) is 5.31. The molecule has 0 N–H and O–H groups in total. The Hall–Kier alpha value is -1.29. The molecule has 0 unspecified atom stereocenters.